The molecule has 17 heavy (non-hydrogen) atoms. The van der Waals surface area contributed by atoms with Gasteiger partial charge in [0.25, 0.3) is 0 Å². The number of ether oxygens (including phenoxy) is 1. The van der Waals surface area contributed by atoms with Crippen LogP contribution in [-0.4, -0.2) is 4.98 Å². The van der Waals surface area contributed by atoms with Crippen LogP contribution in [0, 0.1) is 12.7 Å². The van der Waals surface area contributed by atoms with E-state index in [1.807, 2.05) is 13.0 Å². The fourth-order valence-electron chi connectivity index (χ4n) is 1.47. The normalized spacial score (nSPS) is 10.3. The zero-order valence-electron chi connectivity index (χ0n) is 9.48. The molecule has 0 amide bonds. The Morgan fingerprint density at radius 2 is 2.12 bits per heavy atom. The highest BCUT2D eigenvalue weighted by molar-refractivity contribution is 5.34. The molecule has 2 N–H and O–H groups in total. The Morgan fingerprint density at radius 3 is 2.76 bits per heavy atom. The van der Waals surface area contributed by atoms with E-state index in [0.717, 1.165) is 11.1 Å². The first-order valence-electron chi connectivity index (χ1n) is 5.28. The minimum atomic E-state index is -0.406. The van der Waals surface area contributed by atoms with Gasteiger partial charge < -0.3 is 10.5 Å². The average Bonchev–Trinajstić information content (AvgIpc) is 2.34. The molecule has 0 atom stereocenters. The summed E-state index contributed by atoms with van der Waals surface area (Å²) < 4.78 is 18.8. The van der Waals surface area contributed by atoms with E-state index in [4.69, 9.17) is 10.5 Å². The van der Waals surface area contributed by atoms with Crippen molar-refractivity contribution in [3.05, 3.63) is 53.5 Å². The molecule has 0 bridgehead atoms. The van der Waals surface area contributed by atoms with Gasteiger partial charge in [0.15, 0.2) is 11.6 Å². The van der Waals surface area contributed by atoms with Gasteiger partial charge in [0, 0.05) is 18.3 Å². The molecule has 0 saturated carbocycles. The van der Waals surface area contributed by atoms with Crippen LogP contribution in [0.3, 0.4) is 0 Å². The summed E-state index contributed by atoms with van der Waals surface area (Å²) in [6, 6.07) is 8.11. The number of hydrogen-bond acceptors (Lipinski definition) is 3. The van der Waals surface area contributed by atoms with Gasteiger partial charge in [0.05, 0.1) is 0 Å². The van der Waals surface area contributed by atoms with Crippen molar-refractivity contribution in [3.63, 3.8) is 0 Å². The monoisotopic (exact) mass is 232 g/mol. The van der Waals surface area contributed by atoms with E-state index < -0.39 is 5.82 Å². The minimum Gasteiger partial charge on any atom is -0.436 e. The number of rotatable bonds is 3. The van der Waals surface area contributed by atoms with Gasteiger partial charge >= 0.3 is 0 Å². The Balaban J connectivity index is 2.28. The molecule has 1 heterocycles. The van der Waals surface area contributed by atoms with E-state index in [-0.39, 0.29) is 5.75 Å². The third kappa shape index (κ3) is 2.60. The fourth-order valence-corrected chi connectivity index (χ4v) is 1.47. The number of nitrogens with two attached hydrogens (primary N) is 1. The molecule has 0 aliphatic carbocycles. The molecule has 88 valence electrons. The molecule has 2 rings (SSSR count). The maximum Gasteiger partial charge on any atom is 0.222 e. The standard InChI is InChI=1S/C13H13FN2O/c1-9-6-10(7-15)8-16-13(9)17-12-5-3-2-4-11(12)14/h2-6,8H,7,15H2,1H3. The van der Waals surface area contributed by atoms with Crippen LogP contribution in [0.1, 0.15) is 11.1 Å². The first kappa shape index (κ1) is 11.5. The number of pyridine rings is 1. The second kappa shape index (κ2) is 4.93. The first-order chi connectivity index (χ1) is 8.20. The number of nitrogens with zero attached hydrogens (tertiary/aromatic N) is 1. The average molecular weight is 232 g/mol. The molecule has 4 heteroatoms. The lowest BCUT2D eigenvalue weighted by Crippen LogP contribution is -1.99. The number of aryl methyl sites for hydroxylation is 1. The van der Waals surface area contributed by atoms with Crippen molar-refractivity contribution in [2.75, 3.05) is 0 Å². The Kier molecular flexibility index (Phi) is 3.35. The van der Waals surface area contributed by atoms with Crippen molar-refractivity contribution >= 4 is 0 Å². The van der Waals surface area contributed by atoms with Crippen LogP contribution in [-0.2, 0) is 6.54 Å². The zero-order valence-corrected chi connectivity index (χ0v) is 9.48. The number of halogens is 1. The summed E-state index contributed by atoms with van der Waals surface area (Å²) in [7, 11) is 0. The van der Waals surface area contributed by atoms with Crippen molar-refractivity contribution in [2.45, 2.75) is 13.5 Å². The van der Waals surface area contributed by atoms with Crippen LogP contribution in [0.25, 0.3) is 0 Å². The van der Waals surface area contributed by atoms with E-state index in [1.165, 1.54) is 6.07 Å². The molecule has 0 unspecified atom stereocenters. The largest absolute Gasteiger partial charge is 0.436 e. The molecule has 0 saturated heterocycles. The summed E-state index contributed by atoms with van der Waals surface area (Å²) in [6.07, 6.45) is 1.63. The topological polar surface area (TPSA) is 48.1 Å². The molecule has 1 aromatic heterocycles. The molecule has 3 nitrogen and oxygen atoms in total. The molecule has 0 fully saturated rings. The SMILES string of the molecule is Cc1cc(CN)cnc1Oc1ccccc1F. The van der Waals surface area contributed by atoms with E-state index in [9.17, 15) is 4.39 Å². The van der Waals surface area contributed by atoms with Gasteiger partial charge in [0.2, 0.25) is 5.88 Å². The van der Waals surface area contributed by atoms with Gasteiger partial charge in [-0.2, -0.15) is 0 Å². The minimum absolute atomic E-state index is 0.170. The van der Waals surface area contributed by atoms with Gasteiger partial charge in [-0.05, 0) is 30.7 Å². The summed E-state index contributed by atoms with van der Waals surface area (Å²) in [6.45, 7) is 2.27. The van der Waals surface area contributed by atoms with Crippen molar-refractivity contribution in [3.8, 4) is 11.6 Å². The van der Waals surface area contributed by atoms with Crippen LogP contribution in [0.15, 0.2) is 36.5 Å². The highest BCUT2D eigenvalue weighted by Gasteiger charge is 2.07. The van der Waals surface area contributed by atoms with Crippen molar-refractivity contribution in [1.82, 2.24) is 4.98 Å². The molecule has 0 radical (unpaired) electrons. The number of para-hydroxylation sites is 1. The predicted octanol–water partition coefficient (Wildman–Crippen LogP) is 2.78. The quantitative estimate of drug-likeness (QED) is 0.885. The molecule has 2 aromatic rings. The second-order valence-electron chi connectivity index (χ2n) is 3.70. The van der Waals surface area contributed by atoms with Crippen LogP contribution < -0.4 is 10.5 Å². The lowest BCUT2D eigenvalue weighted by Gasteiger charge is -2.08. The fraction of sp³-hybridized carbons (Fsp3) is 0.154. The summed E-state index contributed by atoms with van der Waals surface area (Å²) in [4.78, 5) is 4.12. The van der Waals surface area contributed by atoms with Crippen LogP contribution >= 0.6 is 0 Å². The summed E-state index contributed by atoms with van der Waals surface area (Å²) >= 11 is 0. The zero-order chi connectivity index (χ0) is 12.3. The first-order valence-corrected chi connectivity index (χ1v) is 5.28. The van der Waals surface area contributed by atoms with Crippen LogP contribution in [0.4, 0.5) is 4.39 Å². The lowest BCUT2D eigenvalue weighted by atomic mass is 10.2. The highest BCUT2D eigenvalue weighted by atomic mass is 19.1. The van der Waals surface area contributed by atoms with E-state index in [2.05, 4.69) is 4.98 Å². The number of hydrogen-bond donors (Lipinski definition) is 1. The molecule has 0 aliphatic heterocycles. The van der Waals surface area contributed by atoms with Gasteiger partial charge in [-0.15, -0.1) is 0 Å². The summed E-state index contributed by atoms with van der Waals surface area (Å²) in [5.74, 6) is 0.160. The molecule has 1 aromatic carbocycles. The van der Waals surface area contributed by atoms with Crippen LogP contribution in [0.2, 0.25) is 0 Å². The van der Waals surface area contributed by atoms with E-state index >= 15 is 0 Å². The van der Waals surface area contributed by atoms with Crippen molar-refractivity contribution in [2.24, 2.45) is 5.73 Å². The third-order valence-corrected chi connectivity index (χ3v) is 2.37. The predicted molar refractivity (Wildman–Crippen MR) is 63.3 cm³/mol. The highest BCUT2D eigenvalue weighted by Crippen LogP contribution is 2.25. The number of aromatic nitrogens is 1. The summed E-state index contributed by atoms with van der Waals surface area (Å²) in [5.41, 5.74) is 7.25. The van der Waals surface area contributed by atoms with Gasteiger partial charge in [-0.3, -0.25) is 0 Å². The smallest absolute Gasteiger partial charge is 0.222 e. The Morgan fingerprint density at radius 1 is 1.35 bits per heavy atom. The Bertz CT molecular complexity index is 529. The second-order valence-corrected chi connectivity index (χ2v) is 3.70. The summed E-state index contributed by atoms with van der Waals surface area (Å²) in [5, 5.41) is 0. The Hall–Kier alpha value is -1.94. The van der Waals surface area contributed by atoms with E-state index in [1.54, 1.807) is 24.4 Å². The molecule has 0 aliphatic rings. The van der Waals surface area contributed by atoms with E-state index in [0.29, 0.717) is 12.4 Å². The van der Waals surface area contributed by atoms with Crippen LogP contribution in [0.5, 0.6) is 11.6 Å². The van der Waals surface area contributed by atoms with Crippen molar-refractivity contribution in [1.29, 1.82) is 0 Å². The molecule has 0 spiro atoms. The molecular weight excluding hydrogens is 219 g/mol. The maximum absolute atomic E-state index is 13.4. The maximum atomic E-state index is 13.4. The third-order valence-electron chi connectivity index (χ3n) is 2.37. The van der Waals surface area contributed by atoms with Gasteiger partial charge in [-0.25, -0.2) is 9.37 Å². The number of benzene rings is 1. The van der Waals surface area contributed by atoms with Gasteiger partial charge in [-0.1, -0.05) is 12.1 Å². The van der Waals surface area contributed by atoms with Gasteiger partial charge in [0.1, 0.15) is 0 Å². The molecular formula is C13H13FN2O. The Labute approximate surface area is 99.1 Å². The lowest BCUT2D eigenvalue weighted by molar-refractivity contribution is 0.424. The van der Waals surface area contributed by atoms with Crippen molar-refractivity contribution < 1.29 is 9.13 Å².